The van der Waals surface area contributed by atoms with E-state index in [9.17, 15) is 0 Å². The van der Waals surface area contributed by atoms with Crippen LogP contribution in [0.15, 0.2) is 67.3 Å². The third-order valence-corrected chi connectivity index (χ3v) is 3.27. The molecule has 0 atom stereocenters. The summed E-state index contributed by atoms with van der Waals surface area (Å²) in [7, 11) is 0. The van der Waals surface area contributed by atoms with Gasteiger partial charge in [0.1, 0.15) is 0 Å². The Hall–Kier alpha value is -2.75. The van der Waals surface area contributed by atoms with Crippen molar-refractivity contribution < 1.29 is 0 Å². The molecule has 0 aliphatic carbocycles. The van der Waals surface area contributed by atoms with Crippen LogP contribution in [-0.4, -0.2) is 21.5 Å². The Morgan fingerprint density at radius 2 is 1.67 bits per heavy atom. The lowest BCUT2D eigenvalue weighted by Gasteiger charge is -2.21. The van der Waals surface area contributed by atoms with Crippen molar-refractivity contribution in [2.45, 2.75) is 6.92 Å². The summed E-state index contributed by atoms with van der Waals surface area (Å²) in [5.74, 6) is 0.836. The summed E-state index contributed by atoms with van der Waals surface area (Å²) in [5.41, 5.74) is 3.02. The summed E-state index contributed by atoms with van der Waals surface area (Å²) >= 11 is 0. The number of hydrogen-bond donors (Lipinski definition) is 0. The minimum atomic E-state index is 0.823. The number of hydrogen-bond acceptors (Lipinski definition) is 4. The Kier molecular flexibility index (Phi) is 3.87. The van der Waals surface area contributed by atoms with E-state index in [4.69, 9.17) is 0 Å². The molecule has 4 nitrogen and oxygen atoms in total. The van der Waals surface area contributed by atoms with E-state index >= 15 is 0 Å². The number of nitrogens with zero attached hydrogens (tertiary/aromatic N) is 4. The maximum absolute atomic E-state index is 4.55. The van der Waals surface area contributed by atoms with Gasteiger partial charge in [0.15, 0.2) is 5.82 Å². The molecule has 0 saturated heterocycles. The van der Waals surface area contributed by atoms with Crippen LogP contribution < -0.4 is 4.90 Å². The Bertz CT molecular complexity index is 681. The van der Waals surface area contributed by atoms with Crippen molar-refractivity contribution in [2.24, 2.45) is 0 Å². The second kappa shape index (κ2) is 6.13. The summed E-state index contributed by atoms with van der Waals surface area (Å²) in [6.45, 7) is 2.91. The summed E-state index contributed by atoms with van der Waals surface area (Å²) in [4.78, 5) is 15.2. The van der Waals surface area contributed by atoms with Crippen molar-refractivity contribution in [2.75, 3.05) is 11.4 Å². The number of aromatic nitrogens is 3. The van der Waals surface area contributed by atoms with Gasteiger partial charge >= 0.3 is 0 Å². The fraction of sp³-hybridized carbons (Fsp3) is 0.118. The molecule has 3 aromatic rings. The minimum Gasteiger partial charge on any atom is -0.325 e. The molecule has 2 heterocycles. The Labute approximate surface area is 124 Å². The van der Waals surface area contributed by atoms with E-state index in [1.54, 1.807) is 12.4 Å². The van der Waals surface area contributed by atoms with Crippen LogP contribution >= 0.6 is 0 Å². The lowest BCUT2D eigenvalue weighted by molar-refractivity contribution is 0.974. The highest BCUT2D eigenvalue weighted by atomic mass is 15.2. The van der Waals surface area contributed by atoms with Crippen molar-refractivity contribution in [1.29, 1.82) is 0 Å². The van der Waals surface area contributed by atoms with Crippen molar-refractivity contribution in [3.05, 3.63) is 67.3 Å². The van der Waals surface area contributed by atoms with Gasteiger partial charge in [-0.2, -0.15) is 0 Å². The molecule has 0 N–H and O–H groups in total. The molecule has 0 saturated carbocycles. The SMILES string of the molecule is CCN(c1ccncc1)c1cnc(-c2ccccc2)cn1. The van der Waals surface area contributed by atoms with E-state index in [2.05, 4.69) is 26.8 Å². The third kappa shape index (κ3) is 2.89. The predicted octanol–water partition coefficient (Wildman–Crippen LogP) is 3.70. The maximum atomic E-state index is 4.55. The van der Waals surface area contributed by atoms with Crippen molar-refractivity contribution in [1.82, 2.24) is 15.0 Å². The summed E-state index contributed by atoms with van der Waals surface area (Å²) in [6.07, 6.45) is 7.19. The van der Waals surface area contributed by atoms with Crippen LogP contribution in [0.1, 0.15) is 6.92 Å². The molecule has 2 aromatic heterocycles. The van der Waals surface area contributed by atoms with Gasteiger partial charge in [0.2, 0.25) is 0 Å². The summed E-state index contributed by atoms with van der Waals surface area (Å²) in [5, 5.41) is 0. The van der Waals surface area contributed by atoms with E-state index in [-0.39, 0.29) is 0 Å². The fourth-order valence-corrected chi connectivity index (χ4v) is 2.22. The molecule has 0 spiro atoms. The van der Waals surface area contributed by atoms with Crippen LogP contribution in [0.25, 0.3) is 11.3 Å². The first-order valence-corrected chi connectivity index (χ1v) is 6.93. The molecular formula is C17H16N4. The monoisotopic (exact) mass is 276 g/mol. The molecule has 1 aromatic carbocycles. The Morgan fingerprint density at radius 3 is 2.29 bits per heavy atom. The molecule has 0 fully saturated rings. The standard InChI is InChI=1S/C17H16N4/c1-2-21(15-8-10-18-11-9-15)17-13-19-16(12-20-17)14-6-4-3-5-7-14/h3-13H,2H2,1H3. The molecule has 104 valence electrons. The number of anilines is 2. The van der Waals surface area contributed by atoms with Gasteiger partial charge in [0.05, 0.1) is 18.1 Å². The average Bonchev–Trinajstić information content (AvgIpc) is 2.58. The van der Waals surface area contributed by atoms with Gasteiger partial charge in [-0.1, -0.05) is 30.3 Å². The van der Waals surface area contributed by atoms with Crippen LogP contribution in [0.2, 0.25) is 0 Å². The number of rotatable bonds is 4. The zero-order valence-electron chi connectivity index (χ0n) is 11.8. The van der Waals surface area contributed by atoms with Gasteiger partial charge in [-0.25, -0.2) is 4.98 Å². The van der Waals surface area contributed by atoms with E-state index in [0.29, 0.717) is 0 Å². The van der Waals surface area contributed by atoms with Crippen LogP contribution in [-0.2, 0) is 0 Å². The van der Waals surface area contributed by atoms with Crippen LogP contribution in [0.4, 0.5) is 11.5 Å². The second-order valence-electron chi connectivity index (χ2n) is 4.58. The third-order valence-electron chi connectivity index (χ3n) is 3.27. The van der Waals surface area contributed by atoms with Gasteiger partial charge in [-0.3, -0.25) is 9.97 Å². The molecule has 0 radical (unpaired) electrons. The molecule has 0 aliphatic heterocycles. The molecule has 0 unspecified atom stereocenters. The Morgan fingerprint density at radius 1 is 0.905 bits per heavy atom. The molecule has 3 rings (SSSR count). The van der Waals surface area contributed by atoms with Gasteiger partial charge < -0.3 is 4.90 Å². The maximum Gasteiger partial charge on any atom is 0.151 e. The van der Waals surface area contributed by atoms with E-state index in [1.807, 2.05) is 54.9 Å². The van der Waals surface area contributed by atoms with Gasteiger partial charge in [0.25, 0.3) is 0 Å². The number of benzene rings is 1. The number of pyridine rings is 1. The zero-order chi connectivity index (χ0) is 14.5. The minimum absolute atomic E-state index is 0.823. The van der Waals surface area contributed by atoms with Gasteiger partial charge in [-0.15, -0.1) is 0 Å². The highest BCUT2D eigenvalue weighted by Gasteiger charge is 2.09. The molecule has 0 bridgehead atoms. The average molecular weight is 276 g/mol. The fourth-order valence-electron chi connectivity index (χ4n) is 2.22. The highest BCUT2D eigenvalue weighted by Crippen LogP contribution is 2.23. The van der Waals surface area contributed by atoms with Crippen molar-refractivity contribution >= 4 is 11.5 Å². The van der Waals surface area contributed by atoms with Gasteiger partial charge in [-0.05, 0) is 19.1 Å². The smallest absolute Gasteiger partial charge is 0.151 e. The lowest BCUT2D eigenvalue weighted by atomic mass is 10.2. The molecular weight excluding hydrogens is 260 g/mol. The predicted molar refractivity (Wildman–Crippen MR) is 84.4 cm³/mol. The van der Waals surface area contributed by atoms with Gasteiger partial charge in [0, 0.05) is 30.2 Å². The van der Waals surface area contributed by atoms with Crippen LogP contribution in [0, 0.1) is 0 Å². The van der Waals surface area contributed by atoms with Crippen LogP contribution in [0.5, 0.6) is 0 Å². The first kappa shape index (κ1) is 13.2. The highest BCUT2D eigenvalue weighted by molar-refractivity contribution is 5.62. The lowest BCUT2D eigenvalue weighted by Crippen LogP contribution is -2.17. The molecule has 0 amide bonds. The summed E-state index contributed by atoms with van der Waals surface area (Å²) in [6, 6.07) is 14.0. The Balaban J connectivity index is 1.90. The van der Waals surface area contributed by atoms with Crippen molar-refractivity contribution in [3.63, 3.8) is 0 Å². The quantitative estimate of drug-likeness (QED) is 0.728. The first-order valence-electron chi connectivity index (χ1n) is 6.93. The van der Waals surface area contributed by atoms with E-state index in [0.717, 1.165) is 29.3 Å². The normalized spacial score (nSPS) is 10.3. The van der Waals surface area contributed by atoms with E-state index in [1.165, 1.54) is 0 Å². The van der Waals surface area contributed by atoms with Crippen molar-refractivity contribution in [3.8, 4) is 11.3 Å². The zero-order valence-corrected chi connectivity index (χ0v) is 11.8. The molecule has 21 heavy (non-hydrogen) atoms. The molecule has 0 aliphatic rings. The summed E-state index contributed by atoms with van der Waals surface area (Å²) < 4.78 is 0. The topological polar surface area (TPSA) is 41.9 Å². The second-order valence-corrected chi connectivity index (χ2v) is 4.58. The molecule has 4 heteroatoms. The first-order chi connectivity index (χ1) is 10.4. The van der Waals surface area contributed by atoms with Crippen LogP contribution in [0.3, 0.4) is 0 Å². The van der Waals surface area contributed by atoms with E-state index < -0.39 is 0 Å². The largest absolute Gasteiger partial charge is 0.325 e.